The molecule has 0 radical (unpaired) electrons. The average molecular weight is 349 g/mol. The topological polar surface area (TPSA) is 122 Å². The molecule has 0 aromatic heterocycles. The van der Waals surface area contributed by atoms with Crippen molar-refractivity contribution in [2.45, 2.75) is 24.9 Å². The van der Waals surface area contributed by atoms with E-state index in [1.807, 2.05) is 0 Å². The second-order valence-corrected chi connectivity index (χ2v) is 3.83. The third-order valence-electron chi connectivity index (χ3n) is 1.60. The van der Waals surface area contributed by atoms with Crippen molar-refractivity contribution < 1.29 is 33.8 Å². The first-order valence-corrected chi connectivity index (χ1v) is 5.03. The Morgan fingerprint density at radius 1 is 1.50 bits per heavy atom. The van der Waals surface area contributed by atoms with Crippen molar-refractivity contribution in [2.24, 2.45) is 0 Å². The van der Waals surface area contributed by atoms with E-state index in [-0.39, 0.29) is 55.3 Å². The van der Waals surface area contributed by atoms with Crippen LogP contribution in [0.2, 0.25) is 0 Å². The number of hydrogen-bond acceptors (Lipinski definition) is 7. The number of ether oxygens (including phenoxy) is 1. The van der Waals surface area contributed by atoms with Gasteiger partial charge in [-0.2, -0.15) is 0 Å². The Balaban J connectivity index is 0.00000169. The van der Waals surface area contributed by atoms with Gasteiger partial charge in [0.2, 0.25) is 0 Å². The summed E-state index contributed by atoms with van der Waals surface area (Å²) in [7, 11) is -5.04. The van der Waals surface area contributed by atoms with Gasteiger partial charge in [-0.05, 0) is 0 Å². The second-order valence-electron chi connectivity index (χ2n) is 2.68. The maximum atomic E-state index is 10.0. The minimum atomic E-state index is -5.04. The number of aliphatic hydroxyl groups is 2. The monoisotopic (exact) mass is 350 g/mol. The summed E-state index contributed by atoms with van der Waals surface area (Å²) in [6.45, 7) is -0.567. The summed E-state index contributed by atoms with van der Waals surface area (Å²) in [5, 5.41) is 17.9. The Bertz CT molecular complexity index is 218. The van der Waals surface area contributed by atoms with Crippen LogP contribution in [0.5, 0.6) is 0 Å². The van der Waals surface area contributed by atoms with Gasteiger partial charge in [0.25, 0.3) is 0 Å². The van der Waals surface area contributed by atoms with E-state index >= 15 is 0 Å². The summed E-state index contributed by atoms with van der Waals surface area (Å²) in [4.78, 5) is 20.1. The fraction of sp³-hybridized carbons (Fsp3) is 1.00. The molecular formula is C5H9BaO7P. The summed E-state index contributed by atoms with van der Waals surface area (Å²) in [5.41, 5.74) is 0. The van der Waals surface area contributed by atoms with Crippen molar-refractivity contribution in [1.29, 1.82) is 0 Å². The molecule has 1 unspecified atom stereocenters. The number of aliphatic hydroxyl groups excluding tert-OH is 2. The van der Waals surface area contributed by atoms with Crippen LogP contribution >= 0.6 is 7.82 Å². The summed E-state index contributed by atoms with van der Waals surface area (Å²) in [6.07, 6.45) is -3.13. The van der Waals surface area contributed by atoms with Crippen molar-refractivity contribution in [3.8, 4) is 0 Å². The van der Waals surface area contributed by atoms with E-state index in [9.17, 15) is 14.4 Å². The standard InChI is InChI=1S/C5H11O7P.Ba/c6-3-1-5(7)12-4(3)2-11-13(8,9)10;/h3-7H,1-2H2,(H2,8,9,10);/q;+2/p-2/t3-,4+,5?;/m0./s1. The molecule has 0 bridgehead atoms. The summed E-state index contributed by atoms with van der Waals surface area (Å²) in [6, 6.07) is 0. The van der Waals surface area contributed by atoms with Gasteiger partial charge in [-0.3, -0.25) is 0 Å². The fourth-order valence-electron chi connectivity index (χ4n) is 1.02. The minimum absolute atomic E-state index is 0. The molecule has 0 saturated carbocycles. The Hall–Kier alpha value is 1.56. The van der Waals surface area contributed by atoms with Crippen molar-refractivity contribution >= 4 is 56.7 Å². The Kier molecular flexibility index (Phi) is 7.04. The zero-order valence-electron chi connectivity index (χ0n) is 7.24. The van der Waals surface area contributed by atoms with E-state index < -0.39 is 32.9 Å². The molecule has 3 atom stereocenters. The third kappa shape index (κ3) is 5.59. The van der Waals surface area contributed by atoms with Crippen molar-refractivity contribution in [1.82, 2.24) is 0 Å². The van der Waals surface area contributed by atoms with E-state index in [1.165, 1.54) is 0 Å². The molecule has 1 aliphatic rings. The summed E-state index contributed by atoms with van der Waals surface area (Å²) in [5.74, 6) is 0. The SMILES string of the molecule is O=P([O-])([O-])OC[C@H]1OC(O)C[C@@H]1O.[Ba+2]. The van der Waals surface area contributed by atoms with Gasteiger partial charge in [0.1, 0.15) is 6.10 Å². The van der Waals surface area contributed by atoms with Crippen LogP contribution in [0, 0.1) is 0 Å². The van der Waals surface area contributed by atoms with Crippen LogP contribution in [-0.4, -0.2) is 84.2 Å². The molecule has 1 saturated heterocycles. The quantitative estimate of drug-likeness (QED) is 0.409. The number of rotatable bonds is 3. The second kappa shape index (κ2) is 6.33. The molecule has 2 N–H and O–H groups in total. The first kappa shape index (κ1) is 15.6. The zero-order valence-corrected chi connectivity index (χ0v) is 12.6. The van der Waals surface area contributed by atoms with Gasteiger partial charge < -0.3 is 33.8 Å². The summed E-state index contributed by atoms with van der Waals surface area (Å²) < 4.78 is 18.6. The molecule has 0 amide bonds. The third-order valence-corrected chi connectivity index (χ3v) is 2.07. The van der Waals surface area contributed by atoms with Crippen LogP contribution in [0.25, 0.3) is 0 Å². The molecule has 1 aliphatic heterocycles. The molecular weight excluding hydrogens is 340 g/mol. The largest absolute Gasteiger partial charge is 2.00 e. The fourth-order valence-corrected chi connectivity index (χ4v) is 1.35. The molecule has 0 spiro atoms. The molecule has 9 heteroatoms. The number of phosphoric acid groups is 1. The van der Waals surface area contributed by atoms with Gasteiger partial charge >= 0.3 is 48.9 Å². The van der Waals surface area contributed by atoms with E-state index in [4.69, 9.17) is 10.2 Å². The Labute approximate surface area is 121 Å². The zero-order chi connectivity index (χ0) is 10.1. The molecule has 0 aromatic carbocycles. The minimum Gasteiger partial charge on any atom is -0.790 e. The molecule has 1 heterocycles. The van der Waals surface area contributed by atoms with Crippen LogP contribution in [0.15, 0.2) is 0 Å². The maximum Gasteiger partial charge on any atom is 2.00 e. The van der Waals surface area contributed by atoms with Crippen LogP contribution in [-0.2, 0) is 13.8 Å². The maximum absolute atomic E-state index is 10.0. The molecule has 0 aromatic rings. The molecule has 78 valence electrons. The molecule has 0 aliphatic carbocycles. The Morgan fingerprint density at radius 3 is 2.43 bits per heavy atom. The molecule has 1 fully saturated rings. The smallest absolute Gasteiger partial charge is 0.790 e. The summed E-state index contributed by atoms with van der Waals surface area (Å²) >= 11 is 0. The first-order chi connectivity index (χ1) is 5.88. The average Bonchev–Trinajstić information content (AvgIpc) is 2.24. The van der Waals surface area contributed by atoms with E-state index in [2.05, 4.69) is 9.26 Å². The van der Waals surface area contributed by atoms with Crippen molar-refractivity contribution in [2.75, 3.05) is 6.61 Å². The van der Waals surface area contributed by atoms with Crippen LogP contribution in [0.4, 0.5) is 0 Å². The van der Waals surface area contributed by atoms with Gasteiger partial charge in [-0.1, -0.05) is 0 Å². The predicted octanol–water partition coefficient (Wildman–Crippen LogP) is -3.08. The van der Waals surface area contributed by atoms with Gasteiger partial charge in [-0.15, -0.1) is 0 Å². The van der Waals surface area contributed by atoms with Crippen LogP contribution in [0.3, 0.4) is 0 Å². The number of phosphoric ester groups is 1. The molecule has 7 nitrogen and oxygen atoms in total. The van der Waals surface area contributed by atoms with Gasteiger partial charge in [-0.25, -0.2) is 0 Å². The van der Waals surface area contributed by atoms with Gasteiger partial charge in [0, 0.05) is 6.42 Å². The van der Waals surface area contributed by atoms with Crippen LogP contribution < -0.4 is 9.79 Å². The first-order valence-electron chi connectivity index (χ1n) is 3.56. The van der Waals surface area contributed by atoms with E-state index in [1.54, 1.807) is 0 Å². The van der Waals surface area contributed by atoms with Gasteiger partial charge in [0.15, 0.2) is 6.29 Å². The number of hydrogen-bond donors (Lipinski definition) is 2. The van der Waals surface area contributed by atoms with E-state index in [0.717, 1.165) is 0 Å². The van der Waals surface area contributed by atoms with E-state index in [0.29, 0.717) is 0 Å². The van der Waals surface area contributed by atoms with Crippen molar-refractivity contribution in [3.05, 3.63) is 0 Å². The normalized spacial score (nSPS) is 32.7. The predicted molar refractivity (Wildman–Crippen MR) is 40.8 cm³/mol. The molecule has 1 rings (SSSR count). The van der Waals surface area contributed by atoms with Crippen LogP contribution in [0.1, 0.15) is 6.42 Å². The van der Waals surface area contributed by atoms with Gasteiger partial charge in [0.05, 0.1) is 20.5 Å². The molecule has 14 heavy (non-hydrogen) atoms. The van der Waals surface area contributed by atoms with Crippen molar-refractivity contribution in [3.63, 3.8) is 0 Å². The Morgan fingerprint density at radius 2 is 2.07 bits per heavy atom.